The Morgan fingerprint density at radius 1 is 1.35 bits per heavy atom. The Hall–Kier alpha value is -1.33. The molecule has 0 atom stereocenters. The summed E-state index contributed by atoms with van der Waals surface area (Å²) in [4.78, 5) is 10.5. The Bertz CT molecular complexity index is 533. The summed E-state index contributed by atoms with van der Waals surface area (Å²) in [5.41, 5.74) is 7.33. The van der Waals surface area contributed by atoms with E-state index in [4.69, 9.17) is 21.8 Å². The van der Waals surface area contributed by atoms with Crippen molar-refractivity contribution < 1.29 is 4.42 Å². The standard InChI is InChI=1S/C11H13ClN4O/c12-11-14-8-3-6-17-9(8)10(15-11)16-4-1-7(13)2-5-16/h3,6-7H,1-2,4-5,13H2. The zero-order chi connectivity index (χ0) is 11.8. The number of nitrogens with two attached hydrogens (primary N) is 1. The lowest BCUT2D eigenvalue weighted by Crippen LogP contribution is -2.40. The zero-order valence-electron chi connectivity index (χ0n) is 9.27. The van der Waals surface area contributed by atoms with Gasteiger partial charge < -0.3 is 15.1 Å². The van der Waals surface area contributed by atoms with E-state index in [1.807, 2.05) is 0 Å². The number of rotatable bonds is 1. The Balaban J connectivity index is 2.01. The van der Waals surface area contributed by atoms with Crippen LogP contribution in [0.1, 0.15) is 12.8 Å². The molecule has 90 valence electrons. The van der Waals surface area contributed by atoms with Gasteiger partial charge in [0, 0.05) is 25.2 Å². The van der Waals surface area contributed by atoms with Crippen LogP contribution in [-0.2, 0) is 0 Å². The molecule has 3 rings (SSSR count). The van der Waals surface area contributed by atoms with E-state index in [2.05, 4.69) is 14.9 Å². The SMILES string of the molecule is NC1CCN(c2nc(Cl)nc3ccoc23)CC1. The van der Waals surface area contributed by atoms with Gasteiger partial charge in [0.1, 0.15) is 5.52 Å². The van der Waals surface area contributed by atoms with Crippen molar-refractivity contribution in [2.24, 2.45) is 5.73 Å². The van der Waals surface area contributed by atoms with Crippen molar-refractivity contribution in [2.75, 3.05) is 18.0 Å². The molecule has 2 aromatic rings. The molecule has 6 heteroatoms. The fraction of sp³-hybridized carbons (Fsp3) is 0.455. The second-order valence-electron chi connectivity index (χ2n) is 4.28. The van der Waals surface area contributed by atoms with Gasteiger partial charge in [-0.25, -0.2) is 4.98 Å². The van der Waals surface area contributed by atoms with Crippen LogP contribution in [0.5, 0.6) is 0 Å². The first kappa shape index (κ1) is 10.8. The average molecular weight is 253 g/mol. The third-order valence-corrected chi connectivity index (χ3v) is 3.27. The minimum absolute atomic E-state index is 0.253. The molecule has 0 aliphatic carbocycles. The van der Waals surface area contributed by atoms with Crippen molar-refractivity contribution in [1.82, 2.24) is 9.97 Å². The van der Waals surface area contributed by atoms with Crippen molar-refractivity contribution in [1.29, 1.82) is 0 Å². The predicted molar refractivity (Wildman–Crippen MR) is 66.2 cm³/mol. The van der Waals surface area contributed by atoms with E-state index in [9.17, 15) is 0 Å². The summed E-state index contributed by atoms with van der Waals surface area (Å²) < 4.78 is 5.43. The lowest BCUT2D eigenvalue weighted by molar-refractivity contribution is 0.496. The van der Waals surface area contributed by atoms with E-state index < -0.39 is 0 Å². The third-order valence-electron chi connectivity index (χ3n) is 3.10. The highest BCUT2D eigenvalue weighted by Crippen LogP contribution is 2.27. The fourth-order valence-electron chi connectivity index (χ4n) is 2.15. The van der Waals surface area contributed by atoms with Crippen LogP contribution in [0.4, 0.5) is 5.82 Å². The summed E-state index contributed by atoms with van der Waals surface area (Å²) in [6.45, 7) is 1.76. The van der Waals surface area contributed by atoms with Crippen molar-refractivity contribution >= 4 is 28.5 Å². The molecule has 0 amide bonds. The summed E-state index contributed by atoms with van der Waals surface area (Å²) in [5.74, 6) is 0.775. The van der Waals surface area contributed by atoms with Gasteiger partial charge in [-0.2, -0.15) is 4.98 Å². The molecule has 0 saturated carbocycles. The second kappa shape index (κ2) is 4.16. The molecule has 5 nitrogen and oxygen atoms in total. The molecule has 2 N–H and O–H groups in total. The normalized spacial score (nSPS) is 17.9. The molecular formula is C11H13ClN4O. The van der Waals surface area contributed by atoms with E-state index in [1.165, 1.54) is 0 Å². The molecule has 0 radical (unpaired) electrons. The maximum atomic E-state index is 5.91. The van der Waals surface area contributed by atoms with Crippen LogP contribution in [0.25, 0.3) is 11.1 Å². The van der Waals surface area contributed by atoms with E-state index in [0.717, 1.165) is 37.3 Å². The van der Waals surface area contributed by atoms with Crippen LogP contribution < -0.4 is 10.6 Å². The molecule has 1 saturated heterocycles. The van der Waals surface area contributed by atoms with Gasteiger partial charge in [0.2, 0.25) is 5.28 Å². The van der Waals surface area contributed by atoms with Crippen LogP contribution in [0.15, 0.2) is 16.7 Å². The van der Waals surface area contributed by atoms with Gasteiger partial charge in [0.25, 0.3) is 0 Å². The minimum Gasteiger partial charge on any atom is -0.459 e. The summed E-state index contributed by atoms with van der Waals surface area (Å²) in [5, 5.41) is 0.253. The average Bonchev–Trinajstić information content (AvgIpc) is 2.77. The molecule has 0 bridgehead atoms. The number of hydrogen-bond donors (Lipinski definition) is 1. The highest BCUT2D eigenvalue weighted by Gasteiger charge is 2.21. The summed E-state index contributed by atoms with van der Waals surface area (Å²) in [6, 6.07) is 2.08. The Morgan fingerprint density at radius 3 is 2.88 bits per heavy atom. The molecule has 1 aliphatic rings. The van der Waals surface area contributed by atoms with Gasteiger partial charge >= 0.3 is 0 Å². The van der Waals surface area contributed by atoms with Gasteiger partial charge in [-0.15, -0.1) is 0 Å². The number of piperidine rings is 1. The van der Waals surface area contributed by atoms with Crippen LogP contribution in [0.3, 0.4) is 0 Å². The van der Waals surface area contributed by atoms with Gasteiger partial charge in [-0.1, -0.05) is 0 Å². The van der Waals surface area contributed by atoms with Gasteiger partial charge in [0.05, 0.1) is 6.26 Å². The first-order valence-corrected chi connectivity index (χ1v) is 6.03. The van der Waals surface area contributed by atoms with Crippen LogP contribution in [0.2, 0.25) is 5.28 Å². The summed E-state index contributed by atoms with van der Waals surface area (Å²) >= 11 is 5.91. The Kier molecular flexibility index (Phi) is 2.64. The van der Waals surface area contributed by atoms with Gasteiger partial charge in [0.15, 0.2) is 11.4 Å². The van der Waals surface area contributed by atoms with Crippen LogP contribution >= 0.6 is 11.6 Å². The first-order valence-electron chi connectivity index (χ1n) is 5.65. The van der Waals surface area contributed by atoms with Crippen molar-refractivity contribution in [2.45, 2.75) is 18.9 Å². The van der Waals surface area contributed by atoms with Crippen LogP contribution in [0, 0.1) is 0 Å². The Morgan fingerprint density at radius 2 is 2.12 bits per heavy atom. The van der Waals surface area contributed by atoms with E-state index >= 15 is 0 Å². The Labute approximate surface area is 104 Å². The predicted octanol–water partition coefficient (Wildman–Crippen LogP) is 1.80. The number of nitrogens with zero attached hydrogens (tertiary/aromatic N) is 3. The molecule has 0 aromatic carbocycles. The zero-order valence-corrected chi connectivity index (χ0v) is 10.0. The van der Waals surface area contributed by atoms with E-state index in [0.29, 0.717) is 5.58 Å². The molecule has 1 fully saturated rings. The lowest BCUT2D eigenvalue weighted by Gasteiger charge is -2.30. The van der Waals surface area contributed by atoms with Crippen LogP contribution in [-0.4, -0.2) is 29.1 Å². The maximum Gasteiger partial charge on any atom is 0.225 e. The highest BCUT2D eigenvalue weighted by molar-refractivity contribution is 6.28. The van der Waals surface area contributed by atoms with Crippen molar-refractivity contribution in [3.8, 4) is 0 Å². The number of hydrogen-bond acceptors (Lipinski definition) is 5. The highest BCUT2D eigenvalue weighted by atomic mass is 35.5. The molecule has 0 unspecified atom stereocenters. The van der Waals surface area contributed by atoms with Gasteiger partial charge in [-0.05, 0) is 24.4 Å². The summed E-state index contributed by atoms with van der Waals surface area (Å²) in [6.07, 6.45) is 3.53. The van der Waals surface area contributed by atoms with Crippen molar-refractivity contribution in [3.63, 3.8) is 0 Å². The quantitative estimate of drug-likeness (QED) is 0.784. The smallest absolute Gasteiger partial charge is 0.225 e. The first-order chi connectivity index (χ1) is 8.24. The number of aromatic nitrogens is 2. The topological polar surface area (TPSA) is 68.2 Å². The largest absolute Gasteiger partial charge is 0.459 e. The molecular weight excluding hydrogens is 240 g/mol. The van der Waals surface area contributed by atoms with Crippen molar-refractivity contribution in [3.05, 3.63) is 17.6 Å². The molecule has 17 heavy (non-hydrogen) atoms. The number of fused-ring (bicyclic) bond motifs is 1. The third kappa shape index (κ3) is 1.96. The molecule has 2 aromatic heterocycles. The fourth-order valence-corrected chi connectivity index (χ4v) is 2.32. The van der Waals surface area contributed by atoms with E-state index in [-0.39, 0.29) is 11.3 Å². The molecule has 1 aliphatic heterocycles. The monoisotopic (exact) mass is 252 g/mol. The lowest BCUT2D eigenvalue weighted by atomic mass is 10.1. The minimum atomic E-state index is 0.253. The van der Waals surface area contributed by atoms with Gasteiger partial charge in [-0.3, -0.25) is 0 Å². The number of anilines is 1. The van der Waals surface area contributed by atoms with E-state index in [1.54, 1.807) is 12.3 Å². The maximum absolute atomic E-state index is 5.91. The number of furan rings is 1. The summed E-state index contributed by atoms with van der Waals surface area (Å²) in [7, 11) is 0. The molecule has 3 heterocycles. The second-order valence-corrected chi connectivity index (χ2v) is 4.61. The molecule has 0 spiro atoms. The number of halogens is 1.